The van der Waals surface area contributed by atoms with E-state index >= 15 is 0 Å². The standard InChI is InChI=1S/C24H18ClN3O3S2/c1-14-5-3-6-16(9-14)21-22-20(28-33(29,30)19-8-4-7-18(25)11-19)10-15(2)27-24(22)32-23(21)17-12-26-31-13-17/h3-13H,1-2H3,(H,27,28). The fraction of sp³-hybridized carbons (Fsp3) is 0.0833. The third-order valence-corrected chi connectivity index (χ3v) is 7.87. The Kier molecular flexibility index (Phi) is 5.44. The van der Waals surface area contributed by atoms with E-state index in [1.165, 1.54) is 23.5 Å². The van der Waals surface area contributed by atoms with E-state index in [0.29, 0.717) is 21.2 Å². The van der Waals surface area contributed by atoms with E-state index < -0.39 is 10.0 Å². The minimum absolute atomic E-state index is 0.0872. The van der Waals surface area contributed by atoms with Crippen molar-refractivity contribution >= 4 is 48.9 Å². The minimum Gasteiger partial charge on any atom is -0.364 e. The summed E-state index contributed by atoms with van der Waals surface area (Å²) in [5, 5.41) is 4.92. The van der Waals surface area contributed by atoms with Crippen LogP contribution in [0.15, 0.2) is 76.5 Å². The maximum Gasteiger partial charge on any atom is 0.261 e. The van der Waals surface area contributed by atoms with Crippen molar-refractivity contribution in [3.05, 3.63) is 83.3 Å². The Bertz CT molecular complexity index is 1590. The molecular weight excluding hydrogens is 478 g/mol. The van der Waals surface area contributed by atoms with Crippen LogP contribution in [-0.4, -0.2) is 18.6 Å². The zero-order valence-corrected chi connectivity index (χ0v) is 20.1. The second-order valence-electron chi connectivity index (χ2n) is 7.64. The third-order valence-electron chi connectivity index (χ3n) is 5.14. The van der Waals surface area contributed by atoms with Crippen LogP contribution >= 0.6 is 22.9 Å². The maximum absolute atomic E-state index is 13.2. The highest BCUT2D eigenvalue weighted by atomic mass is 35.5. The van der Waals surface area contributed by atoms with Crippen LogP contribution in [0, 0.1) is 13.8 Å². The number of hydrogen-bond acceptors (Lipinski definition) is 6. The molecule has 0 atom stereocenters. The lowest BCUT2D eigenvalue weighted by Crippen LogP contribution is -2.13. The van der Waals surface area contributed by atoms with E-state index in [4.69, 9.17) is 21.1 Å². The number of thiophene rings is 1. The zero-order valence-electron chi connectivity index (χ0n) is 17.7. The largest absolute Gasteiger partial charge is 0.364 e. The molecule has 166 valence electrons. The Balaban J connectivity index is 1.78. The molecule has 3 aromatic heterocycles. The molecule has 0 unspecified atom stereocenters. The molecule has 0 amide bonds. The van der Waals surface area contributed by atoms with E-state index in [0.717, 1.165) is 32.5 Å². The molecule has 3 heterocycles. The summed E-state index contributed by atoms with van der Waals surface area (Å²) in [6.45, 7) is 3.85. The van der Waals surface area contributed by atoms with Crippen LogP contribution in [0.5, 0.6) is 0 Å². The Morgan fingerprint density at radius 3 is 2.58 bits per heavy atom. The molecule has 0 spiro atoms. The lowest BCUT2D eigenvalue weighted by atomic mass is 9.98. The van der Waals surface area contributed by atoms with Crippen LogP contribution in [0.1, 0.15) is 11.3 Å². The lowest BCUT2D eigenvalue weighted by Gasteiger charge is -2.12. The van der Waals surface area contributed by atoms with Crippen molar-refractivity contribution in [3.8, 4) is 21.6 Å². The molecule has 9 heteroatoms. The Hall–Kier alpha value is -3.20. The molecule has 6 nitrogen and oxygen atoms in total. The van der Waals surface area contributed by atoms with Gasteiger partial charge in [0.1, 0.15) is 11.1 Å². The second kappa shape index (κ2) is 8.30. The van der Waals surface area contributed by atoms with Gasteiger partial charge in [-0.3, -0.25) is 4.72 Å². The van der Waals surface area contributed by atoms with Gasteiger partial charge in [-0.2, -0.15) is 0 Å². The van der Waals surface area contributed by atoms with Crippen molar-refractivity contribution in [2.45, 2.75) is 18.7 Å². The first-order chi connectivity index (χ1) is 15.8. The van der Waals surface area contributed by atoms with Gasteiger partial charge in [-0.25, -0.2) is 13.4 Å². The van der Waals surface area contributed by atoms with Gasteiger partial charge in [0.15, 0.2) is 0 Å². The minimum atomic E-state index is -3.88. The van der Waals surface area contributed by atoms with Crippen LogP contribution in [-0.2, 0) is 10.0 Å². The summed E-state index contributed by atoms with van der Waals surface area (Å²) in [7, 11) is -3.88. The fourth-order valence-electron chi connectivity index (χ4n) is 3.74. The number of hydrogen-bond donors (Lipinski definition) is 1. The fourth-order valence-corrected chi connectivity index (χ4v) is 6.34. The average molecular weight is 496 g/mol. The Morgan fingerprint density at radius 1 is 1.03 bits per heavy atom. The number of nitrogens with zero attached hydrogens (tertiary/aromatic N) is 2. The predicted molar refractivity (Wildman–Crippen MR) is 132 cm³/mol. The summed E-state index contributed by atoms with van der Waals surface area (Å²) in [5.41, 5.74) is 4.86. The summed E-state index contributed by atoms with van der Waals surface area (Å²) in [6.07, 6.45) is 3.22. The van der Waals surface area contributed by atoms with Gasteiger partial charge in [0.05, 0.1) is 22.3 Å². The molecule has 33 heavy (non-hydrogen) atoms. The number of rotatable bonds is 5. The van der Waals surface area contributed by atoms with E-state index in [2.05, 4.69) is 15.9 Å². The summed E-state index contributed by atoms with van der Waals surface area (Å²) >= 11 is 7.51. The molecule has 0 fully saturated rings. The predicted octanol–water partition coefficient (Wildman–Crippen LogP) is 6.69. The van der Waals surface area contributed by atoms with E-state index in [-0.39, 0.29) is 4.90 Å². The summed E-state index contributed by atoms with van der Waals surface area (Å²) in [6, 6.07) is 16.0. The summed E-state index contributed by atoms with van der Waals surface area (Å²) in [5.74, 6) is 0. The first-order valence-electron chi connectivity index (χ1n) is 10.0. The number of nitrogens with one attached hydrogen (secondary N) is 1. The molecule has 2 aromatic carbocycles. The van der Waals surface area contributed by atoms with Gasteiger partial charge in [0, 0.05) is 26.5 Å². The van der Waals surface area contributed by atoms with Crippen molar-refractivity contribution < 1.29 is 12.9 Å². The smallest absolute Gasteiger partial charge is 0.261 e. The van der Waals surface area contributed by atoms with Gasteiger partial charge < -0.3 is 4.52 Å². The van der Waals surface area contributed by atoms with Crippen LogP contribution < -0.4 is 4.72 Å². The normalized spacial score (nSPS) is 11.7. The molecule has 1 N–H and O–H groups in total. The molecule has 0 radical (unpaired) electrons. The van der Waals surface area contributed by atoms with E-state index in [9.17, 15) is 8.42 Å². The van der Waals surface area contributed by atoms with Crippen molar-refractivity contribution in [2.24, 2.45) is 0 Å². The SMILES string of the molecule is Cc1cccc(-c2c(-c3cnoc3)sc3nc(C)cc(NS(=O)(=O)c4cccc(Cl)c4)c23)c1. The molecular formula is C24H18ClN3O3S2. The highest BCUT2D eigenvalue weighted by Gasteiger charge is 2.24. The highest BCUT2D eigenvalue weighted by Crippen LogP contribution is 2.47. The second-order valence-corrected chi connectivity index (χ2v) is 10.8. The van der Waals surface area contributed by atoms with Gasteiger partial charge in [0.25, 0.3) is 10.0 Å². The molecule has 0 saturated heterocycles. The summed E-state index contributed by atoms with van der Waals surface area (Å²) < 4.78 is 34.3. The van der Waals surface area contributed by atoms with E-state index in [1.807, 2.05) is 32.0 Å². The number of sulfonamides is 1. The molecule has 0 bridgehead atoms. The van der Waals surface area contributed by atoms with Gasteiger partial charge in [-0.1, -0.05) is 52.7 Å². The molecule has 0 aliphatic rings. The van der Waals surface area contributed by atoms with Crippen LogP contribution in [0.3, 0.4) is 0 Å². The number of anilines is 1. The van der Waals surface area contributed by atoms with E-state index in [1.54, 1.807) is 30.7 Å². The van der Waals surface area contributed by atoms with Crippen LogP contribution in [0.4, 0.5) is 5.69 Å². The molecule has 0 saturated carbocycles. The highest BCUT2D eigenvalue weighted by molar-refractivity contribution is 7.92. The number of aryl methyl sites for hydroxylation is 2. The van der Waals surface area contributed by atoms with Crippen molar-refractivity contribution in [1.29, 1.82) is 0 Å². The average Bonchev–Trinajstić information content (AvgIpc) is 3.41. The monoisotopic (exact) mass is 495 g/mol. The first-order valence-corrected chi connectivity index (χ1v) is 12.7. The molecule has 0 aliphatic carbocycles. The van der Waals surface area contributed by atoms with Gasteiger partial charge in [-0.15, -0.1) is 11.3 Å². The Labute approximate surface area is 199 Å². The maximum atomic E-state index is 13.2. The number of aromatic nitrogens is 2. The number of benzene rings is 2. The number of halogens is 1. The topological polar surface area (TPSA) is 85.1 Å². The van der Waals surface area contributed by atoms with Crippen molar-refractivity contribution in [2.75, 3.05) is 4.72 Å². The first kappa shape index (κ1) is 21.6. The van der Waals surface area contributed by atoms with Gasteiger partial charge in [0.2, 0.25) is 0 Å². The third kappa shape index (κ3) is 4.13. The number of fused-ring (bicyclic) bond motifs is 1. The zero-order chi connectivity index (χ0) is 23.2. The van der Waals surface area contributed by atoms with Crippen LogP contribution in [0.25, 0.3) is 31.8 Å². The molecule has 5 rings (SSSR count). The van der Waals surface area contributed by atoms with Crippen molar-refractivity contribution in [3.63, 3.8) is 0 Å². The van der Waals surface area contributed by atoms with Crippen LogP contribution in [0.2, 0.25) is 5.02 Å². The Morgan fingerprint density at radius 2 is 1.85 bits per heavy atom. The lowest BCUT2D eigenvalue weighted by molar-refractivity contribution is 0.420. The van der Waals surface area contributed by atoms with Gasteiger partial charge >= 0.3 is 0 Å². The molecule has 5 aromatic rings. The number of pyridine rings is 1. The van der Waals surface area contributed by atoms with Gasteiger partial charge in [-0.05, 0) is 43.7 Å². The summed E-state index contributed by atoms with van der Waals surface area (Å²) in [4.78, 5) is 6.41. The molecule has 0 aliphatic heterocycles. The quantitative estimate of drug-likeness (QED) is 0.293. The van der Waals surface area contributed by atoms with Crippen molar-refractivity contribution in [1.82, 2.24) is 10.1 Å².